The number of esters is 1. The van der Waals surface area contributed by atoms with E-state index in [0.29, 0.717) is 6.42 Å². The van der Waals surface area contributed by atoms with Crippen LogP contribution in [0.3, 0.4) is 0 Å². The Kier molecular flexibility index (Phi) is 3.56. The fourth-order valence-corrected chi connectivity index (χ4v) is 1.96. The van der Waals surface area contributed by atoms with Crippen molar-refractivity contribution in [1.82, 2.24) is 14.5 Å². The molecule has 0 radical (unpaired) electrons. The summed E-state index contributed by atoms with van der Waals surface area (Å²) in [5.74, 6) is 0.989. The number of hydrogen-bond acceptors (Lipinski definition) is 4. The first-order valence-corrected chi connectivity index (χ1v) is 5.59. The summed E-state index contributed by atoms with van der Waals surface area (Å²) in [6, 6.07) is 0. The van der Waals surface area contributed by atoms with Crippen molar-refractivity contribution in [1.29, 1.82) is 0 Å². The molecular formula is C11H17N3O2. The van der Waals surface area contributed by atoms with Crippen LogP contribution in [0.2, 0.25) is 0 Å². The molecule has 1 aromatic heterocycles. The molecule has 2 rings (SSSR count). The SMILES string of the molecule is COC(=O)CCCN1CCn2ccnc2C1. The minimum Gasteiger partial charge on any atom is -0.469 e. The number of rotatable bonds is 4. The van der Waals surface area contributed by atoms with E-state index in [1.807, 2.05) is 12.4 Å². The van der Waals surface area contributed by atoms with Crippen molar-refractivity contribution < 1.29 is 9.53 Å². The van der Waals surface area contributed by atoms with Crippen LogP contribution in [0.25, 0.3) is 0 Å². The van der Waals surface area contributed by atoms with Crippen molar-refractivity contribution in [2.45, 2.75) is 25.9 Å². The molecule has 5 heteroatoms. The highest BCUT2D eigenvalue weighted by Gasteiger charge is 2.16. The third-order valence-corrected chi connectivity index (χ3v) is 2.91. The second-order valence-electron chi connectivity index (χ2n) is 3.99. The molecule has 0 bridgehead atoms. The molecule has 16 heavy (non-hydrogen) atoms. The van der Waals surface area contributed by atoms with Gasteiger partial charge < -0.3 is 9.30 Å². The first-order chi connectivity index (χ1) is 7.79. The van der Waals surface area contributed by atoms with E-state index in [9.17, 15) is 4.79 Å². The number of carbonyl (C=O) groups excluding carboxylic acids is 1. The molecule has 0 amide bonds. The van der Waals surface area contributed by atoms with Crippen molar-refractivity contribution in [3.8, 4) is 0 Å². The van der Waals surface area contributed by atoms with Gasteiger partial charge in [-0.15, -0.1) is 0 Å². The van der Waals surface area contributed by atoms with Crippen LogP contribution in [0.5, 0.6) is 0 Å². The minimum absolute atomic E-state index is 0.126. The first kappa shape index (κ1) is 11.1. The zero-order valence-corrected chi connectivity index (χ0v) is 9.56. The number of fused-ring (bicyclic) bond motifs is 1. The number of ether oxygens (including phenoxy) is 1. The number of hydrogen-bond donors (Lipinski definition) is 0. The van der Waals surface area contributed by atoms with Gasteiger partial charge in [0.1, 0.15) is 5.82 Å². The molecule has 1 aliphatic heterocycles. The summed E-state index contributed by atoms with van der Waals surface area (Å²) >= 11 is 0. The minimum atomic E-state index is -0.126. The third-order valence-electron chi connectivity index (χ3n) is 2.91. The van der Waals surface area contributed by atoms with Crippen LogP contribution in [0.1, 0.15) is 18.7 Å². The molecular weight excluding hydrogens is 206 g/mol. The number of imidazole rings is 1. The average Bonchev–Trinajstić information content (AvgIpc) is 2.76. The molecule has 0 aromatic carbocycles. The van der Waals surface area contributed by atoms with Crippen molar-refractivity contribution in [3.63, 3.8) is 0 Å². The second-order valence-corrected chi connectivity index (χ2v) is 3.99. The molecule has 1 aliphatic rings. The van der Waals surface area contributed by atoms with E-state index in [0.717, 1.165) is 38.4 Å². The van der Waals surface area contributed by atoms with Crippen LogP contribution < -0.4 is 0 Å². The Morgan fingerprint density at radius 3 is 3.25 bits per heavy atom. The lowest BCUT2D eigenvalue weighted by molar-refractivity contribution is -0.140. The molecule has 0 saturated heterocycles. The summed E-state index contributed by atoms with van der Waals surface area (Å²) in [5, 5.41) is 0. The maximum atomic E-state index is 11.0. The predicted octanol–water partition coefficient (Wildman–Crippen LogP) is 0.652. The van der Waals surface area contributed by atoms with Gasteiger partial charge in [-0.25, -0.2) is 4.98 Å². The normalized spacial score (nSPS) is 15.8. The number of carbonyl (C=O) groups is 1. The van der Waals surface area contributed by atoms with Crippen molar-refractivity contribution >= 4 is 5.97 Å². The topological polar surface area (TPSA) is 47.4 Å². The van der Waals surface area contributed by atoms with E-state index in [1.54, 1.807) is 0 Å². The fourth-order valence-electron chi connectivity index (χ4n) is 1.96. The van der Waals surface area contributed by atoms with Gasteiger partial charge in [-0.2, -0.15) is 0 Å². The van der Waals surface area contributed by atoms with E-state index in [1.165, 1.54) is 7.11 Å². The van der Waals surface area contributed by atoms with Gasteiger partial charge in [0.15, 0.2) is 0 Å². The molecule has 0 spiro atoms. The molecule has 0 saturated carbocycles. The van der Waals surface area contributed by atoms with Crippen LogP contribution in [0, 0.1) is 0 Å². The van der Waals surface area contributed by atoms with Gasteiger partial charge in [0.2, 0.25) is 0 Å². The highest BCUT2D eigenvalue weighted by Crippen LogP contribution is 2.10. The smallest absolute Gasteiger partial charge is 0.305 e. The quantitative estimate of drug-likeness (QED) is 0.703. The summed E-state index contributed by atoms with van der Waals surface area (Å²) < 4.78 is 6.79. The van der Waals surface area contributed by atoms with E-state index < -0.39 is 0 Å². The highest BCUT2D eigenvalue weighted by molar-refractivity contribution is 5.69. The highest BCUT2D eigenvalue weighted by atomic mass is 16.5. The molecule has 88 valence electrons. The first-order valence-electron chi connectivity index (χ1n) is 5.59. The van der Waals surface area contributed by atoms with E-state index in [-0.39, 0.29) is 5.97 Å². The van der Waals surface area contributed by atoms with Crippen LogP contribution in [0.15, 0.2) is 12.4 Å². The van der Waals surface area contributed by atoms with Crippen molar-refractivity contribution in [2.24, 2.45) is 0 Å². The van der Waals surface area contributed by atoms with Crippen molar-refractivity contribution in [2.75, 3.05) is 20.2 Å². The molecule has 2 heterocycles. The summed E-state index contributed by atoms with van der Waals surface area (Å²) in [6.07, 6.45) is 5.21. The standard InChI is InChI=1S/C11H17N3O2/c1-16-11(15)3-2-5-13-7-8-14-6-4-12-10(14)9-13/h4,6H,2-3,5,7-9H2,1H3. The summed E-state index contributed by atoms with van der Waals surface area (Å²) in [5.41, 5.74) is 0. The molecule has 5 nitrogen and oxygen atoms in total. The molecule has 0 unspecified atom stereocenters. The van der Waals surface area contributed by atoms with E-state index >= 15 is 0 Å². The molecule has 0 aliphatic carbocycles. The van der Waals surface area contributed by atoms with Gasteiger partial charge in [0.05, 0.1) is 13.7 Å². The van der Waals surface area contributed by atoms with E-state index in [4.69, 9.17) is 0 Å². The lowest BCUT2D eigenvalue weighted by atomic mass is 10.2. The Morgan fingerprint density at radius 2 is 2.44 bits per heavy atom. The summed E-state index contributed by atoms with van der Waals surface area (Å²) in [4.78, 5) is 17.6. The Morgan fingerprint density at radius 1 is 1.56 bits per heavy atom. The second kappa shape index (κ2) is 5.12. The number of aromatic nitrogens is 2. The van der Waals surface area contributed by atoms with Crippen LogP contribution in [-0.2, 0) is 22.6 Å². The largest absolute Gasteiger partial charge is 0.469 e. The fraction of sp³-hybridized carbons (Fsp3) is 0.636. The molecule has 0 fully saturated rings. The van der Waals surface area contributed by atoms with Crippen molar-refractivity contribution in [3.05, 3.63) is 18.2 Å². The zero-order valence-electron chi connectivity index (χ0n) is 9.56. The monoisotopic (exact) mass is 223 g/mol. The van der Waals surface area contributed by atoms with Gasteiger partial charge in [-0.3, -0.25) is 9.69 Å². The maximum Gasteiger partial charge on any atom is 0.305 e. The lowest BCUT2D eigenvalue weighted by Gasteiger charge is -2.27. The average molecular weight is 223 g/mol. The van der Waals surface area contributed by atoms with Gasteiger partial charge in [0, 0.05) is 31.9 Å². The Labute approximate surface area is 95.0 Å². The summed E-state index contributed by atoms with van der Waals surface area (Å²) in [6.45, 7) is 3.84. The van der Waals surface area contributed by atoms with E-state index in [2.05, 4.69) is 19.2 Å². The Bertz CT molecular complexity index is 362. The lowest BCUT2D eigenvalue weighted by Crippen LogP contribution is -2.34. The van der Waals surface area contributed by atoms with Gasteiger partial charge >= 0.3 is 5.97 Å². The van der Waals surface area contributed by atoms with Crippen LogP contribution in [-0.4, -0.2) is 40.6 Å². The van der Waals surface area contributed by atoms with Crippen LogP contribution in [0.4, 0.5) is 0 Å². The molecule has 0 atom stereocenters. The van der Waals surface area contributed by atoms with Gasteiger partial charge in [0.25, 0.3) is 0 Å². The Hall–Kier alpha value is -1.36. The number of nitrogens with zero attached hydrogens (tertiary/aromatic N) is 3. The maximum absolute atomic E-state index is 11.0. The predicted molar refractivity (Wildman–Crippen MR) is 58.8 cm³/mol. The number of methoxy groups -OCH3 is 1. The molecule has 0 N–H and O–H groups in total. The van der Waals surface area contributed by atoms with Gasteiger partial charge in [-0.05, 0) is 13.0 Å². The third kappa shape index (κ3) is 2.61. The van der Waals surface area contributed by atoms with Gasteiger partial charge in [-0.1, -0.05) is 0 Å². The molecule has 1 aromatic rings. The Balaban J connectivity index is 1.75. The zero-order chi connectivity index (χ0) is 11.4. The van der Waals surface area contributed by atoms with Crippen LogP contribution >= 0.6 is 0 Å². The summed E-state index contributed by atoms with van der Waals surface area (Å²) in [7, 11) is 1.43.